The predicted molar refractivity (Wildman–Crippen MR) is 72.1 cm³/mol. The molecule has 17 heavy (non-hydrogen) atoms. The molecule has 0 saturated carbocycles. The van der Waals surface area contributed by atoms with E-state index < -0.39 is 0 Å². The lowest BCUT2D eigenvalue weighted by atomic mass is 10.1. The lowest BCUT2D eigenvalue weighted by molar-refractivity contribution is 1.33. The van der Waals surface area contributed by atoms with Gasteiger partial charge in [-0.3, -0.25) is 0 Å². The summed E-state index contributed by atoms with van der Waals surface area (Å²) in [6.45, 7) is 2.09. The molecule has 0 spiro atoms. The normalized spacial score (nSPS) is 10.6. The van der Waals surface area contributed by atoms with Crippen LogP contribution >= 0.6 is 11.3 Å². The molecule has 0 radical (unpaired) electrons. The maximum atomic E-state index is 4.41. The molecule has 3 rings (SSSR count). The summed E-state index contributed by atoms with van der Waals surface area (Å²) < 4.78 is 0. The van der Waals surface area contributed by atoms with Gasteiger partial charge in [-0.15, -0.1) is 11.3 Å². The first kappa shape index (κ1) is 10.3. The van der Waals surface area contributed by atoms with Gasteiger partial charge in [-0.25, -0.2) is 4.98 Å². The summed E-state index contributed by atoms with van der Waals surface area (Å²) in [5.74, 6) is 0.940. The van der Waals surface area contributed by atoms with E-state index in [-0.39, 0.29) is 0 Å². The van der Waals surface area contributed by atoms with E-state index in [1.165, 1.54) is 16.0 Å². The van der Waals surface area contributed by atoms with E-state index in [2.05, 4.69) is 52.6 Å². The Morgan fingerprint density at radius 2 is 1.94 bits per heavy atom. The highest BCUT2D eigenvalue weighted by molar-refractivity contribution is 7.13. The van der Waals surface area contributed by atoms with Crippen molar-refractivity contribution in [2.75, 3.05) is 0 Å². The quantitative estimate of drug-likeness (QED) is 0.717. The van der Waals surface area contributed by atoms with Crippen LogP contribution in [-0.2, 0) is 0 Å². The van der Waals surface area contributed by atoms with Crippen LogP contribution in [0, 0.1) is 6.92 Å². The molecule has 0 fully saturated rings. The Morgan fingerprint density at radius 3 is 2.65 bits per heavy atom. The van der Waals surface area contributed by atoms with E-state index in [9.17, 15) is 0 Å². The molecular weight excluding hydrogens is 228 g/mol. The van der Waals surface area contributed by atoms with Crippen LogP contribution in [0.1, 0.15) is 5.56 Å². The number of nitrogens with zero attached hydrogens (tertiary/aromatic N) is 1. The van der Waals surface area contributed by atoms with Crippen LogP contribution in [-0.4, -0.2) is 9.97 Å². The van der Waals surface area contributed by atoms with Gasteiger partial charge in [0, 0.05) is 0 Å². The first-order chi connectivity index (χ1) is 8.33. The number of aryl methyl sites for hydroxylation is 1. The van der Waals surface area contributed by atoms with Crippen molar-refractivity contribution in [3.8, 4) is 22.0 Å². The summed E-state index contributed by atoms with van der Waals surface area (Å²) in [5, 5.41) is 2.06. The second kappa shape index (κ2) is 4.18. The van der Waals surface area contributed by atoms with E-state index in [1.807, 2.05) is 12.3 Å². The summed E-state index contributed by atoms with van der Waals surface area (Å²) in [7, 11) is 0. The van der Waals surface area contributed by atoms with Gasteiger partial charge in [0.1, 0.15) is 5.82 Å². The van der Waals surface area contributed by atoms with Gasteiger partial charge in [-0.2, -0.15) is 0 Å². The molecule has 0 amide bonds. The van der Waals surface area contributed by atoms with Crippen molar-refractivity contribution in [1.29, 1.82) is 0 Å². The summed E-state index contributed by atoms with van der Waals surface area (Å²) in [6.07, 6.45) is 1.89. The van der Waals surface area contributed by atoms with Crippen LogP contribution in [0.3, 0.4) is 0 Å². The Balaban J connectivity index is 1.98. The van der Waals surface area contributed by atoms with Crippen LogP contribution in [0.25, 0.3) is 22.0 Å². The van der Waals surface area contributed by atoms with Crippen molar-refractivity contribution in [2.24, 2.45) is 0 Å². The minimum atomic E-state index is 0.940. The molecule has 0 unspecified atom stereocenters. The Bertz CT molecular complexity index is 606. The minimum Gasteiger partial charge on any atom is -0.337 e. The van der Waals surface area contributed by atoms with E-state index in [0.717, 1.165) is 11.5 Å². The Morgan fingerprint density at radius 1 is 1.12 bits per heavy atom. The molecule has 0 aliphatic carbocycles. The van der Waals surface area contributed by atoms with Crippen molar-refractivity contribution in [3.05, 3.63) is 53.5 Å². The van der Waals surface area contributed by atoms with Crippen molar-refractivity contribution in [3.63, 3.8) is 0 Å². The third-order valence-electron chi connectivity index (χ3n) is 2.69. The number of aromatic nitrogens is 2. The first-order valence-electron chi connectivity index (χ1n) is 5.49. The average molecular weight is 240 g/mol. The Hall–Kier alpha value is -1.87. The molecule has 3 heteroatoms. The van der Waals surface area contributed by atoms with Crippen LogP contribution in [0.5, 0.6) is 0 Å². The fourth-order valence-electron chi connectivity index (χ4n) is 1.74. The molecule has 84 valence electrons. The van der Waals surface area contributed by atoms with Crippen molar-refractivity contribution in [2.45, 2.75) is 6.92 Å². The smallest absolute Gasteiger partial charge is 0.147 e. The molecule has 2 heterocycles. The highest BCUT2D eigenvalue weighted by Crippen LogP contribution is 2.25. The number of rotatable bonds is 2. The maximum absolute atomic E-state index is 4.41. The zero-order chi connectivity index (χ0) is 11.7. The van der Waals surface area contributed by atoms with Crippen molar-refractivity contribution >= 4 is 11.3 Å². The minimum absolute atomic E-state index is 0.940. The SMILES string of the molecule is Cc1ccc(-c2cnc(-c3cccs3)[nH]2)cc1. The molecule has 2 aromatic heterocycles. The number of imidazole rings is 1. The van der Waals surface area contributed by atoms with Crippen LogP contribution < -0.4 is 0 Å². The molecule has 1 aromatic carbocycles. The lowest BCUT2D eigenvalue weighted by Crippen LogP contribution is -1.78. The van der Waals surface area contributed by atoms with Gasteiger partial charge in [-0.1, -0.05) is 35.9 Å². The van der Waals surface area contributed by atoms with Gasteiger partial charge in [0.2, 0.25) is 0 Å². The third kappa shape index (κ3) is 2.01. The highest BCUT2D eigenvalue weighted by atomic mass is 32.1. The van der Waals surface area contributed by atoms with Crippen LogP contribution in [0.4, 0.5) is 0 Å². The third-order valence-corrected chi connectivity index (χ3v) is 3.57. The summed E-state index contributed by atoms with van der Waals surface area (Å²) in [5.41, 5.74) is 3.51. The molecule has 1 N–H and O–H groups in total. The van der Waals surface area contributed by atoms with E-state index in [0.29, 0.717) is 0 Å². The molecule has 0 saturated heterocycles. The van der Waals surface area contributed by atoms with Gasteiger partial charge < -0.3 is 4.98 Å². The summed E-state index contributed by atoms with van der Waals surface area (Å²) >= 11 is 1.69. The zero-order valence-corrected chi connectivity index (χ0v) is 10.3. The van der Waals surface area contributed by atoms with Crippen molar-refractivity contribution in [1.82, 2.24) is 9.97 Å². The van der Waals surface area contributed by atoms with Gasteiger partial charge in [-0.05, 0) is 23.9 Å². The number of hydrogen-bond donors (Lipinski definition) is 1. The topological polar surface area (TPSA) is 28.7 Å². The highest BCUT2D eigenvalue weighted by Gasteiger charge is 2.05. The number of benzene rings is 1. The Labute approximate surface area is 104 Å². The number of aromatic amines is 1. The standard InChI is InChI=1S/C14H12N2S/c1-10-4-6-11(7-5-10)12-9-15-14(16-12)13-3-2-8-17-13/h2-9H,1H3,(H,15,16). The molecule has 0 aliphatic heterocycles. The molecule has 3 aromatic rings. The number of H-pyrrole nitrogens is 1. The average Bonchev–Trinajstić information content (AvgIpc) is 3.00. The van der Waals surface area contributed by atoms with Gasteiger partial charge in [0.15, 0.2) is 0 Å². The summed E-state index contributed by atoms with van der Waals surface area (Å²) in [4.78, 5) is 8.93. The van der Waals surface area contributed by atoms with Crippen LogP contribution in [0.15, 0.2) is 48.0 Å². The van der Waals surface area contributed by atoms with Gasteiger partial charge in [0.05, 0.1) is 16.8 Å². The summed E-state index contributed by atoms with van der Waals surface area (Å²) in [6, 6.07) is 12.6. The zero-order valence-electron chi connectivity index (χ0n) is 9.47. The maximum Gasteiger partial charge on any atom is 0.147 e. The van der Waals surface area contributed by atoms with E-state index >= 15 is 0 Å². The monoisotopic (exact) mass is 240 g/mol. The fourth-order valence-corrected chi connectivity index (χ4v) is 2.42. The molecule has 2 nitrogen and oxygen atoms in total. The lowest BCUT2D eigenvalue weighted by Gasteiger charge is -1.97. The van der Waals surface area contributed by atoms with Crippen LogP contribution in [0.2, 0.25) is 0 Å². The number of hydrogen-bond acceptors (Lipinski definition) is 2. The number of nitrogens with one attached hydrogen (secondary N) is 1. The fraction of sp³-hybridized carbons (Fsp3) is 0.0714. The van der Waals surface area contributed by atoms with Gasteiger partial charge in [0.25, 0.3) is 0 Å². The van der Waals surface area contributed by atoms with Crippen molar-refractivity contribution < 1.29 is 0 Å². The molecular formula is C14H12N2S. The molecule has 0 atom stereocenters. The van der Waals surface area contributed by atoms with Gasteiger partial charge >= 0.3 is 0 Å². The second-order valence-corrected chi connectivity index (χ2v) is 4.94. The largest absolute Gasteiger partial charge is 0.337 e. The molecule has 0 aliphatic rings. The number of thiophene rings is 1. The second-order valence-electron chi connectivity index (χ2n) is 3.99. The molecule has 0 bridgehead atoms. The first-order valence-corrected chi connectivity index (χ1v) is 6.37. The van der Waals surface area contributed by atoms with E-state index in [1.54, 1.807) is 11.3 Å². The van der Waals surface area contributed by atoms with E-state index in [4.69, 9.17) is 0 Å². The predicted octanol–water partition coefficient (Wildman–Crippen LogP) is 4.11. The Kier molecular flexibility index (Phi) is 2.53.